The molecule has 0 aliphatic carbocycles. The highest BCUT2D eigenvalue weighted by Gasteiger charge is 2.27. The Morgan fingerprint density at radius 2 is 1.76 bits per heavy atom. The highest BCUT2D eigenvalue weighted by atomic mass is 35.5. The zero-order chi connectivity index (χ0) is 14.8. The molecule has 0 saturated heterocycles. The Bertz CT molecular complexity index is 292. The molecule has 2 atom stereocenters. The van der Waals surface area contributed by atoms with Crippen LogP contribution >= 0.6 is 24.8 Å². The summed E-state index contributed by atoms with van der Waals surface area (Å²) < 4.78 is 4.93. The molecule has 21 heavy (non-hydrogen) atoms. The second-order valence-corrected chi connectivity index (χ2v) is 4.87. The average Bonchev–Trinajstić information content (AvgIpc) is 2.35. The molecule has 0 bridgehead atoms. The van der Waals surface area contributed by atoms with E-state index in [1.165, 1.54) is 0 Å². The maximum Gasteiger partial charge on any atom is 0.328 e. The molecule has 0 unspecified atom stereocenters. The van der Waals surface area contributed by atoms with Gasteiger partial charge in [0.15, 0.2) is 0 Å². The Kier molecular flexibility index (Phi) is 17.4. The summed E-state index contributed by atoms with van der Waals surface area (Å²) in [4.78, 5) is 23.6. The largest absolute Gasteiger partial charge is 0.464 e. The minimum Gasteiger partial charge on any atom is -0.464 e. The van der Waals surface area contributed by atoms with E-state index >= 15 is 0 Å². The van der Waals surface area contributed by atoms with Gasteiger partial charge < -0.3 is 21.5 Å². The molecule has 0 fully saturated rings. The number of ether oxygens (including phenoxy) is 1. The molecule has 0 aromatic heterocycles. The fourth-order valence-electron chi connectivity index (χ4n) is 1.63. The SMILES string of the molecule is CCOC(=O)[C@@H](NC(=O)[C@@H](N)CCCCN)C(C)C.Cl.Cl. The molecule has 0 heterocycles. The number of halogens is 2. The zero-order valence-electron chi connectivity index (χ0n) is 13.0. The van der Waals surface area contributed by atoms with Gasteiger partial charge in [-0.3, -0.25) is 4.79 Å². The van der Waals surface area contributed by atoms with Crippen molar-refractivity contribution in [1.82, 2.24) is 5.32 Å². The highest BCUT2D eigenvalue weighted by Crippen LogP contribution is 2.06. The van der Waals surface area contributed by atoms with Crippen LogP contribution in [0.2, 0.25) is 0 Å². The lowest BCUT2D eigenvalue weighted by Gasteiger charge is -2.22. The second-order valence-electron chi connectivity index (χ2n) is 4.87. The molecule has 0 radical (unpaired) electrons. The van der Waals surface area contributed by atoms with Crippen LogP contribution in [-0.2, 0) is 14.3 Å². The molecule has 0 spiro atoms. The lowest BCUT2D eigenvalue weighted by atomic mass is 10.0. The minimum absolute atomic E-state index is 0. The number of carbonyl (C=O) groups excluding carboxylic acids is 2. The summed E-state index contributed by atoms with van der Waals surface area (Å²) in [6.07, 6.45) is 2.21. The van der Waals surface area contributed by atoms with Gasteiger partial charge in [-0.2, -0.15) is 0 Å². The Morgan fingerprint density at radius 3 is 2.19 bits per heavy atom. The van der Waals surface area contributed by atoms with Gasteiger partial charge in [-0.1, -0.05) is 20.3 Å². The quantitative estimate of drug-likeness (QED) is 0.426. The van der Waals surface area contributed by atoms with Crippen LogP contribution in [0.3, 0.4) is 0 Å². The van der Waals surface area contributed by atoms with Gasteiger partial charge in [0.1, 0.15) is 6.04 Å². The number of hydrogen-bond acceptors (Lipinski definition) is 5. The molecule has 128 valence electrons. The monoisotopic (exact) mass is 345 g/mol. The van der Waals surface area contributed by atoms with Crippen LogP contribution in [0.25, 0.3) is 0 Å². The van der Waals surface area contributed by atoms with Crippen molar-refractivity contribution in [2.45, 2.75) is 52.1 Å². The van der Waals surface area contributed by atoms with Gasteiger partial charge in [-0.05, 0) is 32.2 Å². The molecule has 0 aromatic carbocycles. The first-order valence-electron chi connectivity index (χ1n) is 6.86. The number of nitrogens with one attached hydrogen (secondary N) is 1. The predicted octanol–water partition coefficient (Wildman–Crippen LogP) is 0.990. The molecule has 5 N–H and O–H groups in total. The Morgan fingerprint density at radius 1 is 1.19 bits per heavy atom. The molecule has 0 aromatic rings. The third-order valence-corrected chi connectivity index (χ3v) is 2.81. The summed E-state index contributed by atoms with van der Waals surface area (Å²) in [5.74, 6) is -0.775. The number of esters is 1. The van der Waals surface area contributed by atoms with Crippen molar-refractivity contribution >= 4 is 36.7 Å². The number of hydrogen-bond donors (Lipinski definition) is 3. The summed E-state index contributed by atoms with van der Waals surface area (Å²) >= 11 is 0. The third-order valence-electron chi connectivity index (χ3n) is 2.81. The standard InChI is InChI=1S/C13H27N3O3.2ClH/c1-4-19-13(18)11(9(2)3)16-12(17)10(15)7-5-6-8-14;;/h9-11H,4-8,14-15H2,1-3H3,(H,16,17);2*1H/t10-,11-;;/m0../s1. The topological polar surface area (TPSA) is 107 Å². The van der Waals surface area contributed by atoms with Crippen molar-refractivity contribution < 1.29 is 14.3 Å². The number of rotatable bonds is 9. The van der Waals surface area contributed by atoms with Gasteiger partial charge >= 0.3 is 5.97 Å². The lowest BCUT2D eigenvalue weighted by Crippen LogP contribution is -2.51. The summed E-state index contributed by atoms with van der Waals surface area (Å²) in [6.45, 7) is 6.31. The maximum atomic E-state index is 11.9. The average molecular weight is 346 g/mol. The first-order valence-corrected chi connectivity index (χ1v) is 6.86. The van der Waals surface area contributed by atoms with E-state index in [1.807, 2.05) is 13.8 Å². The van der Waals surface area contributed by atoms with E-state index in [2.05, 4.69) is 5.32 Å². The van der Waals surface area contributed by atoms with Gasteiger partial charge in [-0.15, -0.1) is 24.8 Å². The molecule has 6 nitrogen and oxygen atoms in total. The Hall–Kier alpha value is -0.560. The van der Waals surface area contributed by atoms with E-state index in [0.29, 0.717) is 19.6 Å². The van der Waals surface area contributed by atoms with Gasteiger partial charge in [-0.25, -0.2) is 4.79 Å². The molecule has 0 saturated carbocycles. The maximum absolute atomic E-state index is 11.9. The van der Waals surface area contributed by atoms with E-state index in [1.54, 1.807) is 6.92 Å². The zero-order valence-corrected chi connectivity index (χ0v) is 14.6. The first kappa shape index (κ1) is 25.4. The van der Waals surface area contributed by atoms with Gasteiger partial charge in [0, 0.05) is 0 Å². The first-order chi connectivity index (χ1) is 8.93. The third kappa shape index (κ3) is 10.8. The van der Waals surface area contributed by atoms with E-state index < -0.39 is 18.1 Å². The molecular weight excluding hydrogens is 317 g/mol. The second kappa shape index (κ2) is 14.4. The number of nitrogens with two attached hydrogens (primary N) is 2. The van der Waals surface area contributed by atoms with Crippen molar-refractivity contribution in [3.8, 4) is 0 Å². The van der Waals surface area contributed by atoms with Crippen LogP contribution in [0.15, 0.2) is 0 Å². The van der Waals surface area contributed by atoms with Crippen LogP contribution in [0.5, 0.6) is 0 Å². The van der Waals surface area contributed by atoms with Gasteiger partial charge in [0.2, 0.25) is 5.91 Å². The fraction of sp³-hybridized carbons (Fsp3) is 0.846. The lowest BCUT2D eigenvalue weighted by molar-refractivity contribution is -0.148. The Balaban J connectivity index is -0.00000162. The Labute approximate surface area is 139 Å². The summed E-state index contributed by atoms with van der Waals surface area (Å²) in [5.41, 5.74) is 11.2. The van der Waals surface area contributed by atoms with E-state index in [9.17, 15) is 9.59 Å². The summed E-state index contributed by atoms with van der Waals surface area (Å²) in [7, 11) is 0. The molecular formula is C13H29Cl2N3O3. The smallest absolute Gasteiger partial charge is 0.328 e. The van der Waals surface area contributed by atoms with E-state index in [-0.39, 0.29) is 36.6 Å². The van der Waals surface area contributed by atoms with Crippen molar-refractivity contribution in [2.24, 2.45) is 17.4 Å². The number of unbranched alkanes of at least 4 members (excludes halogenated alkanes) is 1. The normalized spacial score (nSPS) is 12.7. The predicted molar refractivity (Wildman–Crippen MR) is 88.8 cm³/mol. The minimum atomic E-state index is -0.645. The van der Waals surface area contributed by atoms with Crippen molar-refractivity contribution in [3.05, 3.63) is 0 Å². The fourth-order valence-corrected chi connectivity index (χ4v) is 1.63. The van der Waals surface area contributed by atoms with Crippen LogP contribution in [0.4, 0.5) is 0 Å². The van der Waals surface area contributed by atoms with Crippen molar-refractivity contribution in [2.75, 3.05) is 13.2 Å². The molecule has 0 rings (SSSR count). The van der Waals surface area contributed by atoms with E-state index in [0.717, 1.165) is 12.8 Å². The number of amides is 1. The summed E-state index contributed by atoms with van der Waals surface area (Å²) in [6, 6.07) is -1.25. The van der Waals surface area contributed by atoms with Crippen LogP contribution in [-0.4, -0.2) is 37.1 Å². The molecule has 8 heteroatoms. The molecule has 1 amide bonds. The highest BCUT2D eigenvalue weighted by molar-refractivity contribution is 5.87. The van der Waals surface area contributed by atoms with Crippen molar-refractivity contribution in [1.29, 1.82) is 0 Å². The van der Waals surface area contributed by atoms with Crippen LogP contribution in [0, 0.1) is 5.92 Å². The van der Waals surface area contributed by atoms with Crippen LogP contribution in [0.1, 0.15) is 40.0 Å². The van der Waals surface area contributed by atoms with Crippen molar-refractivity contribution in [3.63, 3.8) is 0 Å². The summed E-state index contributed by atoms with van der Waals surface area (Å²) in [5, 5.41) is 2.66. The van der Waals surface area contributed by atoms with Gasteiger partial charge in [0.25, 0.3) is 0 Å². The number of carbonyl (C=O) groups is 2. The van der Waals surface area contributed by atoms with E-state index in [4.69, 9.17) is 16.2 Å². The molecule has 0 aliphatic rings. The van der Waals surface area contributed by atoms with Gasteiger partial charge in [0.05, 0.1) is 12.6 Å². The van der Waals surface area contributed by atoms with Crippen LogP contribution < -0.4 is 16.8 Å². The molecule has 0 aliphatic heterocycles.